The molecule has 2 nitrogen and oxygen atoms in total. The number of hydrogen-bond acceptors (Lipinski definition) is 2. The van der Waals surface area contributed by atoms with Gasteiger partial charge in [0.05, 0.1) is 11.4 Å². The van der Waals surface area contributed by atoms with Crippen molar-refractivity contribution in [3.8, 4) is 22.3 Å². The molecule has 0 aromatic heterocycles. The predicted molar refractivity (Wildman–Crippen MR) is 296 cm³/mol. The van der Waals surface area contributed by atoms with E-state index in [0.29, 0.717) is 0 Å². The number of aryl methyl sites for hydroxylation is 4. The largest absolute Gasteiger partial charge is 0.310 e. The molecule has 0 atom stereocenters. The molecule has 336 valence electrons. The van der Waals surface area contributed by atoms with Crippen LogP contribution in [0.3, 0.4) is 0 Å². The highest BCUT2D eigenvalue weighted by atomic mass is 15.2. The molecule has 0 heterocycles. The highest BCUT2D eigenvalue weighted by Crippen LogP contribution is 2.49. The number of rotatable bonds is 8. The van der Waals surface area contributed by atoms with E-state index in [4.69, 9.17) is 0 Å². The molecule has 0 fully saturated rings. The van der Waals surface area contributed by atoms with Crippen molar-refractivity contribution in [2.24, 2.45) is 0 Å². The fraction of sp³-hybridized carbons (Fsp3) is 0.182. The van der Waals surface area contributed by atoms with Crippen LogP contribution in [0, 0.1) is 27.7 Å². The van der Waals surface area contributed by atoms with Gasteiger partial charge in [-0.15, -0.1) is 0 Å². The van der Waals surface area contributed by atoms with Crippen molar-refractivity contribution < 1.29 is 0 Å². The fourth-order valence-corrected chi connectivity index (χ4v) is 10.2. The first-order chi connectivity index (χ1) is 32.6. The normalized spacial score (nSPS) is 12.0. The van der Waals surface area contributed by atoms with Gasteiger partial charge < -0.3 is 9.80 Å². The van der Waals surface area contributed by atoms with E-state index >= 15 is 0 Å². The van der Waals surface area contributed by atoms with Crippen LogP contribution >= 0.6 is 0 Å². The summed E-state index contributed by atoms with van der Waals surface area (Å²) in [5, 5.41) is 7.25. The maximum atomic E-state index is 2.50. The lowest BCUT2D eigenvalue weighted by Crippen LogP contribution is -2.13. The van der Waals surface area contributed by atoms with Crippen molar-refractivity contribution >= 4 is 66.4 Å². The maximum Gasteiger partial charge on any atom is 0.0546 e. The van der Waals surface area contributed by atoms with E-state index in [0.717, 1.165) is 34.1 Å². The number of anilines is 6. The Balaban J connectivity index is 1.23. The van der Waals surface area contributed by atoms with Crippen LogP contribution in [0.15, 0.2) is 194 Å². The lowest BCUT2D eigenvalue weighted by Gasteiger charge is -2.31. The van der Waals surface area contributed by atoms with Gasteiger partial charge >= 0.3 is 0 Å². The zero-order valence-corrected chi connectivity index (χ0v) is 41.4. The van der Waals surface area contributed by atoms with E-state index in [1.54, 1.807) is 0 Å². The second-order valence-electron chi connectivity index (χ2n) is 21.0. The third-order valence-electron chi connectivity index (χ3n) is 13.8. The second kappa shape index (κ2) is 17.3. The Morgan fingerprint density at radius 1 is 0.279 bits per heavy atom. The van der Waals surface area contributed by atoms with E-state index in [-0.39, 0.29) is 10.8 Å². The van der Waals surface area contributed by atoms with Gasteiger partial charge in [-0.3, -0.25) is 0 Å². The zero-order chi connectivity index (χ0) is 47.5. The highest BCUT2D eigenvalue weighted by Gasteiger charge is 2.25. The maximum absolute atomic E-state index is 2.50. The molecular weight excluding hydrogens is 821 g/mol. The number of fused-ring (bicyclic) bond motifs is 5. The summed E-state index contributed by atoms with van der Waals surface area (Å²) in [6, 6.07) is 73.0. The summed E-state index contributed by atoms with van der Waals surface area (Å²) in [5.41, 5.74) is 19.4. The average Bonchev–Trinajstić information content (AvgIpc) is 3.33. The van der Waals surface area contributed by atoms with Crippen LogP contribution in [-0.4, -0.2) is 0 Å². The van der Waals surface area contributed by atoms with Gasteiger partial charge in [0.1, 0.15) is 0 Å². The van der Waals surface area contributed by atoms with E-state index in [2.05, 4.69) is 273 Å². The third kappa shape index (κ3) is 8.34. The molecule has 0 radical (unpaired) electrons. The van der Waals surface area contributed by atoms with Crippen LogP contribution in [-0.2, 0) is 10.8 Å². The standard InChI is InChI=1S/C66H62N2/c1-43-31-33-61(45(3)35-43)67(53-25-17-21-49(39-53)47-19-15-23-51(37-47)65(5,6)7)63-41-59-56-28-12-14-30-58(56)64(42-60(59)55-27-11-13-29-57(55)63)68(62-34-32-44(2)36-46(62)4)54-26-18-22-50(40-54)48-20-16-24-52(38-48)66(8,9)10/h11-42H,1-10H3. The van der Waals surface area contributed by atoms with Crippen molar-refractivity contribution in [2.75, 3.05) is 9.80 Å². The molecule has 0 aliphatic rings. The van der Waals surface area contributed by atoms with Gasteiger partial charge in [0, 0.05) is 33.5 Å². The summed E-state index contributed by atoms with van der Waals surface area (Å²) < 4.78 is 0. The van der Waals surface area contributed by atoms with Gasteiger partial charge in [0.25, 0.3) is 0 Å². The second-order valence-corrected chi connectivity index (χ2v) is 21.0. The SMILES string of the molecule is Cc1ccc(N(c2cccc(-c3cccc(C(C)(C)C)c3)c2)c2cc3c4ccccc4c(N(c4cccc(-c5cccc(C(C)(C)C)c5)c4)c4ccc(C)cc4C)cc3c3ccccc23)c(C)c1. The molecular formula is C66H62N2. The van der Waals surface area contributed by atoms with Crippen LogP contribution in [0.5, 0.6) is 0 Å². The van der Waals surface area contributed by atoms with Crippen molar-refractivity contribution in [3.63, 3.8) is 0 Å². The summed E-state index contributed by atoms with van der Waals surface area (Å²) in [4.78, 5) is 5.00. The Bertz CT molecular complexity index is 3310. The molecule has 0 unspecified atom stereocenters. The Hall–Kier alpha value is -7.42. The van der Waals surface area contributed by atoms with Crippen LogP contribution in [0.2, 0.25) is 0 Å². The minimum atomic E-state index is 0.0456. The van der Waals surface area contributed by atoms with E-state index < -0.39 is 0 Å². The molecule has 0 saturated heterocycles. The zero-order valence-electron chi connectivity index (χ0n) is 41.4. The third-order valence-corrected chi connectivity index (χ3v) is 13.8. The first-order valence-electron chi connectivity index (χ1n) is 24.2. The summed E-state index contributed by atoms with van der Waals surface area (Å²) in [6.45, 7) is 22.6. The molecule has 0 spiro atoms. The molecule has 10 aromatic carbocycles. The van der Waals surface area contributed by atoms with Crippen molar-refractivity contribution in [1.82, 2.24) is 0 Å². The highest BCUT2D eigenvalue weighted by molar-refractivity contribution is 6.24. The predicted octanol–water partition coefficient (Wildman–Crippen LogP) is 19.2. The van der Waals surface area contributed by atoms with Crippen LogP contribution in [0.1, 0.15) is 74.9 Å². The monoisotopic (exact) mass is 882 g/mol. The van der Waals surface area contributed by atoms with Crippen LogP contribution < -0.4 is 9.80 Å². The molecule has 10 aromatic rings. The summed E-state index contributed by atoms with van der Waals surface area (Å²) >= 11 is 0. The first-order valence-corrected chi connectivity index (χ1v) is 24.2. The first kappa shape index (κ1) is 44.4. The molecule has 0 amide bonds. The molecule has 0 bridgehead atoms. The van der Waals surface area contributed by atoms with Crippen molar-refractivity contribution in [1.29, 1.82) is 0 Å². The number of benzene rings is 10. The van der Waals surface area contributed by atoms with Crippen molar-refractivity contribution in [2.45, 2.75) is 80.1 Å². The molecule has 2 heteroatoms. The molecule has 0 aliphatic heterocycles. The Labute approximate surface area is 404 Å². The average molecular weight is 883 g/mol. The molecule has 10 rings (SSSR count). The smallest absolute Gasteiger partial charge is 0.0546 e. The Morgan fingerprint density at radius 2 is 0.632 bits per heavy atom. The minimum Gasteiger partial charge on any atom is -0.310 e. The molecule has 68 heavy (non-hydrogen) atoms. The number of nitrogens with zero attached hydrogens (tertiary/aromatic N) is 2. The number of hydrogen-bond donors (Lipinski definition) is 0. The van der Waals surface area contributed by atoms with Gasteiger partial charge in [0.2, 0.25) is 0 Å². The van der Waals surface area contributed by atoms with Crippen molar-refractivity contribution in [3.05, 3.63) is 228 Å². The van der Waals surface area contributed by atoms with E-state index in [1.165, 1.54) is 88.0 Å². The summed E-state index contributed by atoms with van der Waals surface area (Å²) in [5.74, 6) is 0. The topological polar surface area (TPSA) is 6.48 Å². The van der Waals surface area contributed by atoms with Gasteiger partial charge in [-0.25, -0.2) is 0 Å². The molecule has 0 aliphatic carbocycles. The minimum absolute atomic E-state index is 0.0456. The summed E-state index contributed by atoms with van der Waals surface area (Å²) in [6.07, 6.45) is 0. The Kier molecular flexibility index (Phi) is 11.3. The molecule has 0 saturated carbocycles. The van der Waals surface area contributed by atoms with Gasteiger partial charge in [-0.1, -0.05) is 198 Å². The molecule has 0 N–H and O–H groups in total. The van der Waals surface area contributed by atoms with Crippen LogP contribution in [0.4, 0.5) is 34.1 Å². The van der Waals surface area contributed by atoms with E-state index in [9.17, 15) is 0 Å². The van der Waals surface area contributed by atoms with Gasteiger partial charge in [0.15, 0.2) is 0 Å². The quantitative estimate of drug-likeness (QED) is 0.140. The lowest BCUT2D eigenvalue weighted by molar-refractivity contribution is 0.590. The Morgan fingerprint density at radius 3 is 1.00 bits per heavy atom. The van der Waals surface area contributed by atoms with E-state index in [1.807, 2.05) is 0 Å². The summed E-state index contributed by atoms with van der Waals surface area (Å²) in [7, 11) is 0. The van der Waals surface area contributed by atoms with Gasteiger partial charge in [-0.2, -0.15) is 0 Å². The van der Waals surface area contributed by atoms with Gasteiger partial charge in [-0.05, 0) is 153 Å². The van der Waals surface area contributed by atoms with Crippen LogP contribution in [0.25, 0.3) is 54.6 Å². The lowest BCUT2D eigenvalue weighted by atomic mass is 9.85. The fourth-order valence-electron chi connectivity index (χ4n) is 10.2.